The van der Waals surface area contributed by atoms with Gasteiger partial charge in [0, 0.05) is 11.6 Å². The fourth-order valence-corrected chi connectivity index (χ4v) is 4.70. The van der Waals surface area contributed by atoms with Crippen LogP contribution in [0.1, 0.15) is 38.8 Å². The van der Waals surface area contributed by atoms with E-state index in [9.17, 15) is 8.42 Å². The maximum Gasteiger partial charge on any atom is 0.153 e. The number of nitrogens with one attached hydrogen (secondary N) is 1. The van der Waals surface area contributed by atoms with Crippen LogP contribution in [0.4, 0.5) is 0 Å². The molecule has 1 saturated heterocycles. The van der Waals surface area contributed by atoms with E-state index in [1.807, 2.05) is 38.1 Å². The average Bonchev–Trinajstić information content (AvgIpc) is 2.33. The lowest BCUT2D eigenvalue weighted by molar-refractivity contribution is 0.317. The Morgan fingerprint density at radius 2 is 1.95 bits per heavy atom. The molecule has 1 aliphatic rings. The van der Waals surface area contributed by atoms with Gasteiger partial charge in [-0.15, -0.1) is 0 Å². The van der Waals surface area contributed by atoms with Gasteiger partial charge in [0.1, 0.15) is 5.75 Å². The monoisotopic (exact) mass is 297 g/mol. The highest BCUT2D eigenvalue weighted by Crippen LogP contribution is 2.27. The zero-order valence-electron chi connectivity index (χ0n) is 12.3. The van der Waals surface area contributed by atoms with E-state index < -0.39 is 9.84 Å². The molecular formula is C15H23NO3S. The molecule has 0 aliphatic carbocycles. The number of hydrogen-bond donors (Lipinski definition) is 1. The normalized spacial score (nSPS) is 24.2. The van der Waals surface area contributed by atoms with Crippen LogP contribution in [-0.4, -0.2) is 32.1 Å². The smallest absolute Gasteiger partial charge is 0.153 e. The summed E-state index contributed by atoms with van der Waals surface area (Å²) in [5, 5.41) is 3.41. The lowest BCUT2D eigenvalue weighted by Crippen LogP contribution is -2.54. The fraction of sp³-hybridized carbons (Fsp3) is 0.600. The van der Waals surface area contributed by atoms with Gasteiger partial charge in [-0.2, -0.15) is 0 Å². The highest BCUT2D eigenvalue weighted by Gasteiger charge is 2.36. The summed E-state index contributed by atoms with van der Waals surface area (Å²) in [6, 6.07) is 7.55. The van der Waals surface area contributed by atoms with Gasteiger partial charge in [0.25, 0.3) is 0 Å². The van der Waals surface area contributed by atoms with E-state index in [0.717, 1.165) is 17.7 Å². The molecule has 1 aromatic carbocycles. The highest BCUT2D eigenvalue weighted by atomic mass is 32.2. The maximum absolute atomic E-state index is 12.0. The van der Waals surface area contributed by atoms with E-state index in [2.05, 4.69) is 12.2 Å². The van der Waals surface area contributed by atoms with Gasteiger partial charge in [-0.25, -0.2) is 8.42 Å². The molecule has 1 heterocycles. The number of sulfone groups is 1. The lowest BCUT2D eigenvalue weighted by atomic mass is 10.0. The molecule has 5 heteroatoms. The molecule has 1 atom stereocenters. The molecule has 20 heavy (non-hydrogen) atoms. The second-order valence-corrected chi connectivity index (χ2v) is 8.16. The Bertz CT molecular complexity index is 549. The fourth-order valence-electron chi connectivity index (χ4n) is 2.61. The summed E-state index contributed by atoms with van der Waals surface area (Å²) in [5.41, 5.74) is 0.601. The van der Waals surface area contributed by atoms with E-state index >= 15 is 0 Å². The average molecular weight is 297 g/mol. The largest absolute Gasteiger partial charge is 0.494 e. The van der Waals surface area contributed by atoms with E-state index in [-0.39, 0.29) is 23.1 Å². The first-order valence-corrected chi connectivity index (χ1v) is 8.84. The summed E-state index contributed by atoms with van der Waals surface area (Å²) in [6.07, 6.45) is 0.971. The molecule has 2 rings (SSSR count). The van der Waals surface area contributed by atoms with Gasteiger partial charge in [0.05, 0.1) is 18.1 Å². The minimum Gasteiger partial charge on any atom is -0.494 e. The Morgan fingerprint density at radius 1 is 1.30 bits per heavy atom. The Morgan fingerprint density at radius 3 is 2.50 bits per heavy atom. The van der Waals surface area contributed by atoms with Crippen molar-refractivity contribution in [2.45, 2.75) is 38.8 Å². The van der Waals surface area contributed by atoms with Crippen molar-refractivity contribution in [3.05, 3.63) is 29.8 Å². The molecule has 0 aromatic heterocycles. The molecule has 0 saturated carbocycles. The van der Waals surface area contributed by atoms with Gasteiger partial charge >= 0.3 is 0 Å². The van der Waals surface area contributed by atoms with Gasteiger partial charge in [0.2, 0.25) is 0 Å². The Balaban J connectivity index is 2.14. The zero-order valence-corrected chi connectivity index (χ0v) is 13.2. The maximum atomic E-state index is 12.0. The van der Waals surface area contributed by atoms with E-state index in [1.165, 1.54) is 0 Å². The van der Waals surface area contributed by atoms with Gasteiger partial charge in [-0.05, 0) is 38.0 Å². The number of ether oxygens (including phenoxy) is 1. The van der Waals surface area contributed by atoms with Crippen LogP contribution in [0.5, 0.6) is 5.75 Å². The van der Waals surface area contributed by atoms with E-state index in [1.54, 1.807) is 0 Å². The third-order valence-corrected chi connectivity index (χ3v) is 5.32. The summed E-state index contributed by atoms with van der Waals surface area (Å²) >= 11 is 0. The summed E-state index contributed by atoms with van der Waals surface area (Å²) in [6.45, 7) is 6.61. The molecule has 112 valence electrons. The topological polar surface area (TPSA) is 55.4 Å². The quantitative estimate of drug-likeness (QED) is 0.926. The van der Waals surface area contributed by atoms with Crippen LogP contribution in [-0.2, 0) is 9.84 Å². The minimum absolute atomic E-state index is 0.149. The van der Waals surface area contributed by atoms with Crippen molar-refractivity contribution in [2.24, 2.45) is 0 Å². The van der Waals surface area contributed by atoms with Crippen molar-refractivity contribution in [1.82, 2.24) is 5.32 Å². The zero-order chi connectivity index (χ0) is 14.8. The number of benzene rings is 1. The van der Waals surface area contributed by atoms with Gasteiger partial charge < -0.3 is 10.1 Å². The van der Waals surface area contributed by atoms with Crippen molar-refractivity contribution in [3.63, 3.8) is 0 Å². The number of hydrogen-bond acceptors (Lipinski definition) is 4. The van der Waals surface area contributed by atoms with Gasteiger partial charge in [-0.3, -0.25) is 0 Å². The molecule has 0 bridgehead atoms. The van der Waals surface area contributed by atoms with Crippen molar-refractivity contribution >= 4 is 9.84 Å². The van der Waals surface area contributed by atoms with Crippen molar-refractivity contribution in [3.8, 4) is 5.75 Å². The van der Waals surface area contributed by atoms with Gasteiger partial charge in [0.15, 0.2) is 9.84 Å². The van der Waals surface area contributed by atoms with Crippen LogP contribution in [0.3, 0.4) is 0 Å². The van der Waals surface area contributed by atoms with Crippen LogP contribution in [0, 0.1) is 0 Å². The predicted molar refractivity (Wildman–Crippen MR) is 80.8 cm³/mol. The molecular weight excluding hydrogens is 274 g/mol. The SMILES string of the molecule is CCCOc1ccc(C2CS(=O)(=O)CC(C)(C)N2)cc1. The standard InChI is InChI=1S/C15H23NO3S/c1-4-9-19-13-7-5-12(6-8-13)14-10-20(17,18)11-15(2,3)16-14/h5-8,14,16H,4,9-11H2,1-3H3. The van der Waals surface area contributed by atoms with Crippen LogP contribution in [0.25, 0.3) is 0 Å². The first-order valence-electron chi connectivity index (χ1n) is 7.02. The summed E-state index contributed by atoms with van der Waals surface area (Å²) in [4.78, 5) is 0. The third-order valence-electron chi connectivity index (χ3n) is 3.32. The molecule has 1 fully saturated rings. The Hall–Kier alpha value is -1.07. The van der Waals surface area contributed by atoms with Crippen LogP contribution in [0.2, 0.25) is 0 Å². The summed E-state index contributed by atoms with van der Waals surface area (Å²) < 4.78 is 29.5. The third kappa shape index (κ3) is 3.96. The van der Waals surface area contributed by atoms with Crippen LogP contribution in [0.15, 0.2) is 24.3 Å². The van der Waals surface area contributed by atoms with Crippen molar-refractivity contribution in [2.75, 3.05) is 18.1 Å². The summed E-state index contributed by atoms with van der Waals surface area (Å²) in [5.74, 6) is 1.17. The predicted octanol–water partition coefficient (Wildman–Crippen LogP) is 2.31. The molecule has 0 spiro atoms. The Kier molecular flexibility index (Phi) is 4.39. The van der Waals surface area contributed by atoms with E-state index in [0.29, 0.717) is 6.61 Å². The Labute approximate surface area is 121 Å². The molecule has 1 N–H and O–H groups in total. The first-order chi connectivity index (χ1) is 9.31. The van der Waals surface area contributed by atoms with Crippen molar-refractivity contribution in [1.29, 1.82) is 0 Å². The molecule has 1 aromatic rings. The highest BCUT2D eigenvalue weighted by molar-refractivity contribution is 7.91. The minimum atomic E-state index is -3.01. The van der Waals surface area contributed by atoms with E-state index in [4.69, 9.17) is 4.74 Å². The second-order valence-electron chi connectivity index (χ2n) is 6.05. The van der Waals surface area contributed by atoms with Gasteiger partial charge in [-0.1, -0.05) is 19.1 Å². The lowest BCUT2D eigenvalue weighted by Gasteiger charge is -2.37. The molecule has 0 amide bonds. The van der Waals surface area contributed by atoms with Crippen molar-refractivity contribution < 1.29 is 13.2 Å². The summed E-state index contributed by atoms with van der Waals surface area (Å²) in [7, 11) is -3.01. The molecule has 1 aliphatic heterocycles. The van der Waals surface area contributed by atoms with Crippen LogP contribution < -0.4 is 10.1 Å². The molecule has 4 nitrogen and oxygen atoms in total. The second kappa shape index (κ2) is 5.74. The molecule has 1 unspecified atom stereocenters. The number of rotatable bonds is 4. The molecule has 0 radical (unpaired) electrons. The first kappa shape index (κ1) is 15.3. The van der Waals surface area contributed by atoms with Crippen LogP contribution >= 0.6 is 0 Å².